The lowest BCUT2D eigenvalue weighted by atomic mass is 10.3. The maximum absolute atomic E-state index is 13.5. The molecular weight excluding hydrogens is 268 g/mol. The molecule has 2 rings (SSSR count). The van der Waals surface area contributed by atoms with Crippen molar-refractivity contribution in [1.29, 1.82) is 0 Å². The van der Waals surface area contributed by atoms with E-state index in [1.807, 2.05) is 6.92 Å². The van der Waals surface area contributed by atoms with E-state index in [-0.39, 0.29) is 24.1 Å². The molecule has 1 aromatic carbocycles. The first kappa shape index (κ1) is 14.1. The predicted molar refractivity (Wildman–Crippen MR) is 68.2 cm³/mol. The van der Waals surface area contributed by atoms with Gasteiger partial charge in [0.25, 0.3) is 0 Å². The summed E-state index contributed by atoms with van der Waals surface area (Å²) in [7, 11) is 0. The summed E-state index contributed by atoms with van der Waals surface area (Å²) in [5, 5.41) is 0. The van der Waals surface area contributed by atoms with Gasteiger partial charge in [-0.2, -0.15) is 4.98 Å². The van der Waals surface area contributed by atoms with Gasteiger partial charge in [0, 0.05) is 18.7 Å². The first-order valence-electron chi connectivity index (χ1n) is 5.92. The van der Waals surface area contributed by atoms with Crippen LogP contribution in [0.4, 0.5) is 14.6 Å². The Labute approximate surface area is 114 Å². The highest BCUT2D eigenvalue weighted by Crippen LogP contribution is 2.24. The minimum absolute atomic E-state index is 0.0247. The van der Waals surface area contributed by atoms with E-state index in [9.17, 15) is 8.78 Å². The van der Waals surface area contributed by atoms with Gasteiger partial charge < -0.3 is 15.2 Å². The molecule has 0 bridgehead atoms. The number of rotatable bonds is 5. The lowest BCUT2D eigenvalue weighted by molar-refractivity contribution is 0.128. The maximum Gasteiger partial charge on any atom is 0.224 e. The largest absolute Gasteiger partial charge is 0.436 e. The third-order valence-corrected chi connectivity index (χ3v) is 2.31. The molecule has 0 aliphatic carbocycles. The summed E-state index contributed by atoms with van der Waals surface area (Å²) < 4.78 is 36.9. The average molecular weight is 281 g/mol. The SMILES string of the molecule is CCOCc1nc(N)cc(Oc2cc(F)ccc2F)n1. The van der Waals surface area contributed by atoms with Gasteiger partial charge in [-0.05, 0) is 19.1 Å². The summed E-state index contributed by atoms with van der Waals surface area (Å²) >= 11 is 0. The molecule has 0 atom stereocenters. The third kappa shape index (κ3) is 3.61. The zero-order chi connectivity index (χ0) is 14.5. The van der Waals surface area contributed by atoms with E-state index in [2.05, 4.69) is 9.97 Å². The van der Waals surface area contributed by atoms with Crippen LogP contribution in [0.1, 0.15) is 12.7 Å². The second-order valence-corrected chi connectivity index (χ2v) is 3.86. The van der Waals surface area contributed by atoms with Gasteiger partial charge in [0.05, 0.1) is 0 Å². The van der Waals surface area contributed by atoms with Crippen LogP contribution in [-0.2, 0) is 11.3 Å². The molecule has 0 amide bonds. The fourth-order valence-electron chi connectivity index (χ4n) is 1.47. The van der Waals surface area contributed by atoms with E-state index in [4.69, 9.17) is 15.2 Å². The molecule has 0 saturated carbocycles. The minimum Gasteiger partial charge on any atom is -0.436 e. The highest BCUT2D eigenvalue weighted by molar-refractivity contribution is 5.36. The molecule has 2 N–H and O–H groups in total. The van der Waals surface area contributed by atoms with Gasteiger partial charge in [-0.15, -0.1) is 0 Å². The van der Waals surface area contributed by atoms with Crippen LogP contribution in [0.25, 0.3) is 0 Å². The van der Waals surface area contributed by atoms with Crippen LogP contribution in [-0.4, -0.2) is 16.6 Å². The monoisotopic (exact) mass is 281 g/mol. The molecule has 0 spiro atoms. The van der Waals surface area contributed by atoms with Crippen molar-refractivity contribution in [2.24, 2.45) is 0 Å². The lowest BCUT2D eigenvalue weighted by Gasteiger charge is -2.08. The first-order chi connectivity index (χ1) is 9.58. The third-order valence-electron chi connectivity index (χ3n) is 2.31. The molecule has 0 aliphatic rings. The Kier molecular flexibility index (Phi) is 4.41. The van der Waals surface area contributed by atoms with Crippen molar-refractivity contribution in [2.45, 2.75) is 13.5 Å². The fourth-order valence-corrected chi connectivity index (χ4v) is 1.47. The number of ether oxygens (including phenoxy) is 2. The highest BCUT2D eigenvalue weighted by atomic mass is 19.1. The molecule has 5 nitrogen and oxygen atoms in total. The molecule has 2 aromatic rings. The number of nitrogens with zero attached hydrogens (tertiary/aromatic N) is 2. The van der Waals surface area contributed by atoms with Crippen molar-refractivity contribution in [3.05, 3.63) is 41.7 Å². The Morgan fingerprint density at radius 1 is 1.20 bits per heavy atom. The average Bonchev–Trinajstić information content (AvgIpc) is 2.40. The van der Waals surface area contributed by atoms with Gasteiger partial charge in [-0.25, -0.2) is 13.8 Å². The summed E-state index contributed by atoms with van der Waals surface area (Å²) in [4.78, 5) is 7.96. The van der Waals surface area contributed by atoms with Gasteiger partial charge in [-0.1, -0.05) is 0 Å². The van der Waals surface area contributed by atoms with Gasteiger partial charge in [-0.3, -0.25) is 0 Å². The van der Waals surface area contributed by atoms with Crippen molar-refractivity contribution < 1.29 is 18.3 Å². The summed E-state index contributed by atoms with van der Waals surface area (Å²) in [5.41, 5.74) is 5.60. The van der Waals surface area contributed by atoms with Crippen LogP contribution in [0.3, 0.4) is 0 Å². The number of hydrogen-bond donors (Lipinski definition) is 1. The van der Waals surface area contributed by atoms with Crippen molar-refractivity contribution in [3.63, 3.8) is 0 Å². The molecular formula is C13H13F2N3O2. The van der Waals surface area contributed by atoms with Gasteiger partial charge >= 0.3 is 0 Å². The number of benzene rings is 1. The molecule has 0 aliphatic heterocycles. The summed E-state index contributed by atoms with van der Waals surface area (Å²) in [6.45, 7) is 2.47. The van der Waals surface area contributed by atoms with E-state index < -0.39 is 11.6 Å². The number of anilines is 1. The minimum atomic E-state index is -0.699. The molecule has 0 saturated heterocycles. The molecule has 106 valence electrons. The number of nitrogen functional groups attached to an aromatic ring is 1. The zero-order valence-corrected chi connectivity index (χ0v) is 10.8. The van der Waals surface area contributed by atoms with Crippen LogP contribution < -0.4 is 10.5 Å². The normalized spacial score (nSPS) is 10.6. The van der Waals surface area contributed by atoms with Crippen molar-refractivity contribution in [3.8, 4) is 11.6 Å². The van der Waals surface area contributed by atoms with Crippen LogP contribution in [0.15, 0.2) is 24.3 Å². The summed E-state index contributed by atoms with van der Waals surface area (Å²) in [5.74, 6) is -1.10. The van der Waals surface area contributed by atoms with Crippen molar-refractivity contribution in [1.82, 2.24) is 9.97 Å². The number of halogens is 2. The quantitative estimate of drug-likeness (QED) is 0.912. The first-order valence-corrected chi connectivity index (χ1v) is 5.92. The summed E-state index contributed by atoms with van der Waals surface area (Å²) in [6, 6.07) is 4.21. The molecule has 20 heavy (non-hydrogen) atoms. The van der Waals surface area contributed by atoms with E-state index in [0.717, 1.165) is 18.2 Å². The molecule has 1 aromatic heterocycles. The van der Waals surface area contributed by atoms with Crippen molar-refractivity contribution in [2.75, 3.05) is 12.3 Å². The van der Waals surface area contributed by atoms with E-state index >= 15 is 0 Å². The van der Waals surface area contributed by atoms with Gasteiger partial charge in [0.1, 0.15) is 18.2 Å². The molecule has 0 fully saturated rings. The van der Waals surface area contributed by atoms with Gasteiger partial charge in [0.2, 0.25) is 5.88 Å². The second-order valence-electron chi connectivity index (χ2n) is 3.86. The van der Waals surface area contributed by atoms with Gasteiger partial charge in [0.15, 0.2) is 17.4 Å². The molecule has 1 heterocycles. The highest BCUT2D eigenvalue weighted by Gasteiger charge is 2.09. The standard InChI is InChI=1S/C13H13F2N3O2/c1-2-19-7-12-17-11(16)6-13(18-12)20-10-5-8(14)3-4-9(10)15/h3-6H,2,7H2,1H3,(H2,16,17,18). The lowest BCUT2D eigenvalue weighted by Crippen LogP contribution is -2.04. The summed E-state index contributed by atoms with van der Waals surface area (Å²) in [6.07, 6.45) is 0. The molecule has 7 heteroatoms. The maximum atomic E-state index is 13.5. The van der Waals surface area contributed by atoms with Crippen LogP contribution >= 0.6 is 0 Å². The Hall–Kier alpha value is -2.28. The number of nitrogens with two attached hydrogens (primary N) is 1. The Morgan fingerprint density at radius 2 is 2.00 bits per heavy atom. The smallest absolute Gasteiger partial charge is 0.224 e. The number of hydrogen-bond acceptors (Lipinski definition) is 5. The van der Waals surface area contributed by atoms with Crippen LogP contribution in [0.2, 0.25) is 0 Å². The van der Waals surface area contributed by atoms with E-state index in [0.29, 0.717) is 12.4 Å². The number of aromatic nitrogens is 2. The predicted octanol–water partition coefficient (Wildman–Crippen LogP) is 2.67. The Morgan fingerprint density at radius 3 is 2.75 bits per heavy atom. The molecule has 0 unspecified atom stereocenters. The van der Waals surface area contributed by atoms with E-state index in [1.54, 1.807) is 0 Å². The van der Waals surface area contributed by atoms with Crippen LogP contribution in [0.5, 0.6) is 11.6 Å². The topological polar surface area (TPSA) is 70.3 Å². The Bertz CT molecular complexity index is 608. The Balaban J connectivity index is 2.24. The fraction of sp³-hybridized carbons (Fsp3) is 0.231. The van der Waals surface area contributed by atoms with Crippen LogP contribution in [0, 0.1) is 11.6 Å². The van der Waals surface area contributed by atoms with E-state index in [1.165, 1.54) is 6.07 Å². The molecule has 0 radical (unpaired) electrons. The zero-order valence-electron chi connectivity index (χ0n) is 10.8. The van der Waals surface area contributed by atoms with Crippen molar-refractivity contribution >= 4 is 5.82 Å². The second kappa shape index (κ2) is 6.25.